The zero-order chi connectivity index (χ0) is 19.8. The Kier molecular flexibility index (Phi) is 5.29. The van der Waals surface area contributed by atoms with Gasteiger partial charge in [0, 0.05) is 36.5 Å². The molecule has 0 spiro atoms. The van der Waals surface area contributed by atoms with E-state index in [0.717, 1.165) is 35.4 Å². The number of fused-ring (bicyclic) bond motifs is 1. The van der Waals surface area contributed by atoms with Crippen LogP contribution in [0.3, 0.4) is 0 Å². The third-order valence-corrected chi connectivity index (χ3v) is 4.73. The van der Waals surface area contributed by atoms with E-state index in [0.29, 0.717) is 19.6 Å². The summed E-state index contributed by atoms with van der Waals surface area (Å²) in [5, 5.41) is 0. The highest BCUT2D eigenvalue weighted by Gasteiger charge is 2.33. The molecule has 0 bridgehead atoms. The van der Waals surface area contributed by atoms with Gasteiger partial charge in [0.15, 0.2) is 0 Å². The number of nitrogens with zero attached hydrogens (tertiary/aromatic N) is 3. The van der Waals surface area contributed by atoms with Gasteiger partial charge in [0.05, 0.1) is 6.54 Å². The van der Waals surface area contributed by atoms with Crippen LogP contribution in [0.4, 0.5) is 10.5 Å². The maximum Gasteiger partial charge on any atom is 0.410 e. The zero-order valence-corrected chi connectivity index (χ0v) is 16.9. The van der Waals surface area contributed by atoms with Gasteiger partial charge in [-0.3, -0.25) is 9.69 Å². The summed E-state index contributed by atoms with van der Waals surface area (Å²) in [5.41, 5.74) is 3.38. The Morgan fingerprint density at radius 3 is 2.67 bits per heavy atom. The quantitative estimate of drug-likeness (QED) is 0.766. The van der Waals surface area contributed by atoms with Gasteiger partial charge < -0.3 is 14.5 Å². The van der Waals surface area contributed by atoms with Crippen LogP contribution in [-0.4, -0.2) is 54.6 Å². The minimum absolute atomic E-state index is 0.0703. The van der Waals surface area contributed by atoms with Gasteiger partial charge in [-0.15, -0.1) is 0 Å². The minimum atomic E-state index is -0.522. The second-order valence-electron chi connectivity index (χ2n) is 8.45. The summed E-state index contributed by atoms with van der Waals surface area (Å²) in [6, 6.07) is 5.96. The summed E-state index contributed by atoms with van der Waals surface area (Å²) in [6.07, 6.45) is 2.45. The van der Waals surface area contributed by atoms with E-state index >= 15 is 0 Å². The molecule has 0 radical (unpaired) electrons. The van der Waals surface area contributed by atoms with Gasteiger partial charge in [0.2, 0.25) is 0 Å². The number of rotatable bonds is 3. The molecule has 3 rings (SSSR count). The molecule has 0 N–H and O–H groups in total. The van der Waals surface area contributed by atoms with Crippen molar-refractivity contribution in [1.82, 2.24) is 9.80 Å². The SMILES string of the molecule is CN(C)C/C=C1/CCN(c2cccc3c2CN(C(=O)OC(C)(C)C)C3)C1=O. The lowest BCUT2D eigenvalue weighted by molar-refractivity contribution is -0.114. The number of hydrogen-bond donors (Lipinski definition) is 0. The van der Waals surface area contributed by atoms with E-state index in [9.17, 15) is 9.59 Å². The molecule has 6 heteroatoms. The van der Waals surface area contributed by atoms with Crippen LogP contribution in [0.25, 0.3) is 0 Å². The van der Waals surface area contributed by atoms with Crippen molar-refractivity contribution >= 4 is 17.7 Å². The lowest BCUT2D eigenvalue weighted by Gasteiger charge is -2.24. The highest BCUT2D eigenvalue weighted by molar-refractivity contribution is 6.08. The highest BCUT2D eigenvalue weighted by Crippen LogP contribution is 2.35. The van der Waals surface area contributed by atoms with Crippen LogP contribution in [0.2, 0.25) is 0 Å². The molecule has 1 aromatic rings. The van der Waals surface area contributed by atoms with Crippen molar-refractivity contribution in [2.45, 2.75) is 45.9 Å². The van der Waals surface area contributed by atoms with Crippen LogP contribution >= 0.6 is 0 Å². The summed E-state index contributed by atoms with van der Waals surface area (Å²) >= 11 is 0. The fourth-order valence-electron chi connectivity index (χ4n) is 3.44. The molecule has 146 valence electrons. The molecule has 2 heterocycles. The lowest BCUT2D eigenvalue weighted by atomic mass is 10.1. The first kappa shape index (κ1) is 19.4. The van der Waals surface area contributed by atoms with Crippen LogP contribution in [0.1, 0.15) is 38.3 Å². The van der Waals surface area contributed by atoms with Crippen molar-refractivity contribution in [2.75, 3.05) is 32.1 Å². The molecule has 2 aliphatic heterocycles. The average Bonchev–Trinajstić information content (AvgIpc) is 3.15. The van der Waals surface area contributed by atoms with E-state index in [-0.39, 0.29) is 12.0 Å². The summed E-state index contributed by atoms with van der Waals surface area (Å²) in [5.74, 6) is 0.0703. The largest absolute Gasteiger partial charge is 0.444 e. The standard InChI is InChI=1S/C21H29N3O3/c1-21(2,3)27-20(26)23-13-16-7-6-8-18(17(16)14-23)24-12-10-15(19(24)25)9-11-22(4)5/h6-9H,10-14H2,1-5H3/b15-9-. The van der Waals surface area contributed by atoms with Gasteiger partial charge in [-0.05, 0) is 52.9 Å². The Morgan fingerprint density at radius 2 is 2.00 bits per heavy atom. The highest BCUT2D eigenvalue weighted by atomic mass is 16.6. The fourth-order valence-corrected chi connectivity index (χ4v) is 3.44. The molecule has 27 heavy (non-hydrogen) atoms. The van der Waals surface area contributed by atoms with Crippen molar-refractivity contribution in [1.29, 1.82) is 0 Å². The molecule has 0 saturated carbocycles. The Labute approximate surface area is 161 Å². The summed E-state index contributed by atoms with van der Waals surface area (Å²) in [7, 11) is 3.98. The number of ether oxygens (including phenoxy) is 1. The Morgan fingerprint density at radius 1 is 1.26 bits per heavy atom. The molecule has 1 fully saturated rings. The summed E-state index contributed by atoms with van der Waals surface area (Å²) in [4.78, 5) is 30.9. The van der Waals surface area contributed by atoms with Crippen LogP contribution in [0.15, 0.2) is 29.8 Å². The normalized spacial score (nSPS) is 18.6. The maximum atomic E-state index is 12.9. The monoisotopic (exact) mass is 371 g/mol. The fraction of sp³-hybridized carbons (Fsp3) is 0.524. The Balaban J connectivity index is 1.78. The van der Waals surface area contributed by atoms with Crippen molar-refractivity contribution in [3.63, 3.8) is 0 Å². The van der Waals surface area contributed by atoms with Gasteiger partial charge in [-0.2, -0.15) is 0 Å². The number of amides is 2. The first-order chi connectivity index (χ1) is 12.7. The molecule has 0 aliphatic carbocycles. The van der Waals surface area contributed by atoms with E-state index in [4.69, 9.17) is 4.74 Å². The average molecular weight is 371 g/mol. The van der Waals surface area contributed by atoms with Gasteiger partial charge in [0.1, 0.15) is 5.60 Å². The van der Waals surface area contributed by atoms with E-state index in [2.05, 4.69) is 0 Å². The topological polar surface area (TPSA) is 53.1 Å². The van der Waals surface area contributed by atoms with Crippen LogP contribution < -0.4 is 4.90 Å². The third-order valence-electron chi connectivity index (χ3n) is 4.73. The molecule has 2 aliphatic rings. The van der Waals surface area contributed by atoms with E-state index in [1.807, 2.05) is 68.9 Å². The Bertz CT molecular complexity index is 777. The molecule has 0 atom stereocenters. The lowest BCUT2D eigenvalue weighted by Crippen LogP contribution is -2.33. The Hall–Kier alpha value is -2.34. The second-order valence-corrected chi connectivity index (χ2v) is 8.45. The molecule has 6 nitrogen and oxygen atoms in total. The van der Waals surface area contributed by atoms with E-state index in [1.54, 1.807) is 4.90 Å². The number of likely N-dealkylation sites (N-methyl/N-ethyl adjacent to an activating group) is 1. The first-order valence-corrected chi connectivity index (χ1v) is 9.40. The molecule has 1 aromatic carbocycles. The number of carbonyl (C=O) groups is 2. The predicted octanol–water partition coefficient (Wildman–Crippen LogP) is 3.16. The predicted molar refractivity (Wildman–Crippen MR) is 106 cm³/mol. The molecular weight excluding hydrogens is 342 g/mol. The van der Waals surface area contributed by atoms with E-state index < -0.39 is 5.60 Å². The van der Waals surface area contributed by atoms with E-state index in [1.165, 1.54) is 0 Å². The number of anilines is 1. The molecule has 0 unspecified atom stereocenters. The van der Waals surface area contributed by atoms with Gasteiger partial charge in [-0.1, -0.05) is 18.2 Å². The smallest absolute Gasteiger partial charge is 0.410 e. The van der Waals surface area contributed by atoms with Crippen LogP contribution in [0, 0.1) is 0 Å². The first-order valence-electron chi connectivity index (χ1n) is 9.40. The molecular formula is C21H29N3O3. The number of benzene rings is 1. The van der Waals surface area contributed by atoms with Crippen molar-refractivity contribution in [3.05, 3.63) is 41.0 Å². The van der Waals surface area contributed by atoms with Crippen molar-refractivity contribution in [3.8, 4) is 0 Å². The third kappa shape index (κ3) is 4.33. The second kappa shape index (κ2) is 7.35. The molecule has 1 saturated heterocycles. The minimum Gasteiger partial charge on any atom is -0.444 e. The van der Waals surface area contributed by atoms with Crippen molar-refractivity contribution in [2.24, 2.45) is 0 Å². The number of hydrogen-bond acceptors (Lipinski definition) is 4. The van der Waals surface area contributed by atoms with Gasteiger partial charge in [-0.25, -0.2) is 4.79 Å². The van der Waals surface area contributed by atoms with Crippen molar-refractivity contribution < 1.29 is 14.3 Å². The molecule has 0 aromatic heterocycles. The van der Waals surface area contributed by atoms with Crippen LogP contribution in [-0.2, 0) is 22.6 Å². The van der Waals surface area contributed by atoms with Crippen LogP contribution in [0.5, 0.6) is 0 Å². The molecule has 2 amide bonds. The number of carbonyl (C=O) groups excluding carboxylic acids is 2. The maximum absolute atomic E-state index is 12.9. The summed E-state index contributed by atoms with van der Waals surface area (Å²) < 4.78 is 5.50. The van der Waals surface area contributed by atoms with Gasteiger partial charge >= 0.3 is 6.09 Å². The summed E-state index contributed by atoms with van der Waals surface area (Å²) in [6.45, 7) is 8.03. The zero-order valence-electron chi connectivity index (χ0n) is 16.9. The van der Waals surface area contributed by atoms with Gasteiger partial charge in [0.25, 0.3) is 5.91 Å².